The molecular formula is C19H30O6. The number of hydrogen-bond donors (Lipinski definition) is 1. The van der Waals surface area contributed by atoms with Crippen molar-refractivity contribution in [2.24, 2.45) is 0 Å². The number of ether oxygens (including phenoxy) is 4. The van der Waals surface area contributed by atoms with Crippen LogP contribution in [0, 0.1) is 0 Å². The monoisotopic (exact) mass is 354 g/mol. The second-order valence-electron chi connectivity index (χ2n) is 6.56. The number of esters is 1. The maximum atomic E-state index is 11.8. The summed E-state index contributed by atoms with van der Waals surface area (Å²) < 4.78 is 21.3. The predicted octanol–water partition coefficient (Wildman–Crippen LogP) is 2.36. The number of carbonyl (C=O) groups is 1. The van der Waals surface area contributed by atoms with E-state index in [-0.39, 0.29) is 6.42 Å². The predicted molar refractivity (Wildman–Crippen MR) is 94.8 cm³/mol. The van der Waals surface area contributed by atoms with Crippen LogP contribution in [0.4, 0.5) is 0 Å². The maximum Gasteiger partial charge on any atom is 0.335 e. The molecule has 1 atom stereocenters. The van der Waals surface area contributed by atoms with E-state index >= 15 is 0 Å². The Kier molecular flexibility index (Phi) is 9.49. The molecule has 1 rings (SSSR count). The molecule has 142 valence electrons. The van der Waals surface area contributed by atoms with E-state index < -0.39 is 17.7 Å². The number of carbonyl (C=O) groups excluding carboxylic acids is 1. The molecule has 0 saturated heterocycles. The van der Waals surface area contributed by atoms with Crippen LogP contribution in [0.2, 0.25) is 0 Å². The quantitative estimate of drug-likeness (QED) is 0.486. The van der Waals surface area contributed by atoms with Gasteiger partial charge >= 0.3 is 5.97 Å². The lowest BCUT2D eigenvalue weighted by atomic mass is 10.1. The molecule has 25 heavy (non-hydrogen) atoms. The van der Waals surface area contributed by atoms with Crippen molar-refractivity contribution in [3.63, 3.8) is 0 Å². The van der Waals surface area contributed by atoms with Gasteiger partial charge in [0, 0.05) is 13.0 Å². The van der Waals surface area contributed by atoms with Gasteiger partial charge in [0.25, 0.3) is 0 Å². The molecular weight excluding hydrogens is 324 g/mol. The molecule has 0 unspecified atom stereocenters. The first-order valence-electron chi connectivity index (χ1n) is 8.60. The van der Waals surface area contributed by atoms with Crippen LogP contribution < -0.4 is 4.74 Å². The van der Waals surface area contributed by atoms with Gasteiger partial charge in [0.2, 0.25) is 0 Å². The fraction of sp³-hybridized carbons (Fsp3) is 0.632. The van der Waals surface area contributed by atoms with E-state index in [2.05, 4.69) is 0 Å². The Morgan fingerprint density at radius 2 is 1.64 bits per heavy atom. The molecule has 0 aliphatic heterocycles. The van der Waals surface area contributed by atoms with Crippen molar-refractivity contribution in [2.45, 2.75) is 45.8 Å². The molecule has 0 aliphatic carbocycles. The first-order chi connectivity index (χ1) is 11.8. The van der Waals surface area contributed by atoms with E-state index in [1.807, 2.05) is 19.1 Å². The van der Waals surface area contributed by atoms with Crippen molar-refractivity contribution < 1.29 is 28.8 Å². The third-order valence-electron chi connectivity index (χ3n) is 3.10. The van der Waals surface area contributed by atoms with E-state index in [0.29, 0.717) is 38.8 Å². The molecule has 0 amide bonds. The zero-order valence-electron chi connectivity index (χ0n) is 15.6. The Hall–Kier alpha value is -1.63. The van der Waals surface area contributed by atoms with E-state index in [4.69, 9.17) is 18.9 Å². The van der Waals surface area contributed by atoms with Crippen molar-refractivity contribution in [3.8, 4) is 5.75 Å². The summed E-state index contributed by atoms with van der Waals surface area (Å²) in [7, 11) is 0. The van der Waals surface area contributed by atoms with Crippen molar-refractivity contribution >= 4 is 5.97 Å². The van der Waals surface area contributed by atoms with Gasteiger partial charge < -0.3 is 24.1 Å². The van der Waals surface area contributed by atoms with Gasteiger partial charge in [0.05, 0.1) is 19.8 Å². The SMILES string of the molecule is CCOCCOCCOc1ccc(C[C@@H](O)C(=O)OC(C)(C)C)cc1. The maximum absolute atomic E-state index is 11.8. The molecule has 0 fully saturated rings. The minimum Gasteiger partial charge on any atom is -0.491 e. The van der Waals surface area contributed by atoms with Gasteiger partial charge in [-0.1, -0.05) is 12.1 Å². The second-order valence-corrected chi connectivity index (χ2v) is 6.56. The van der Waals surface area contributed by atoms with E-state index in [1.165, 1.54) is 0 Å². The summed E-state index contributed by atoms with van der Waals surface area (Å²) in [6.45, 7) is 10.0. The highest BCUT2D eigenvalue weighted by Gasteiger charge is 2.23. The van der Waals surface area contributed by atoms with Gasteiger partial charge in [-0.2, -0.15) is 0 Å². The lowest BCUT2D eigenvalue weighted by Gasteiger charge is -2.21. The van der Waals surface area contributed by atoms with Gasteiger partial charge in [-0.3, -0.25) is 0 Å². The van der Waals surface area contributed by atoms with Crippen LogP contribution in [-0.4, -0.2) is 55.8 Å². The Balaban J connectivity index is 2.30. The van der Waals surface area contributed by atoms with Crippen molar-refractivity contribution in [1.29, 1.82) is 0 Å². The number of aliphatic hydroxyl groups is 1. The summed E-state index contributed by atoms with van der Waals surface area (Å²) in [5, 5.41) is 9.93. The fourth-order valence-electron chi connectivity index (χ4n) is 1.98. The number of benzene rings is 1. The second kappa shape index (κ2) is 11.1. The van der Waals surface area contributed by atoms with Gasteiger partial charge in [0.1, 0.15) is 18.0 Å². The highest BCUT2D eigenvalue weighted by molar-refractivity contribution is 5.75. The van der Waals surface area contributed by atoms with Gasteiger partial charge in [-0.15, -0.1) is 0 Å². The molecule has 1 N–H and O–H groups in total. The average molecular weight is 354 g/mol. The Morgan fingerprint density at radius 1 is 1.04 bits per heavy atom. The minimum absolute atomic E-state index is 0.204. The first-order valence-corrected chi connectivity index (χ1v) is 8.60. The number of hydrogen-bond acceptors (Lipinski definition) is 6. The normalized spacial score (nSPS) is 12.7. The summed E-state index contributed by atoms with van der Waals surface area (Å²) in [5.41, 5.74) is 0.221. The molecule has 0 bridgehead atoms. The van der Waals surface area contributed by atoms with Crippen LogP contribution in [0.1, 0.15) is 33.3 Å². The topological polar surface area (TPSA) is 74.2 Å². The van der Waals surface area contributed by atoms with Crippen LogP contribution in [0.5, 0.6) is 5.75 Å². The van der Waals surface area contributed by atoms with Crippen molar-refractivity contribution in [1.82, 2.24) is 0 Å². The third-order valence-corrected chi connectivity index (χ3v) is 3.10. The number of rotatable bonds is 11. The van der Waals surface area contributed by atoms with Crippen molar-refractivity contribution in [2.75, 3.05) is 33.0 Å². The molecule has 0 saturated carbocycles. The average Bonchev–Trinajstić information content (AvgIpc) is 2.54. The molecule has 0 aliphatic rings. The minimum atomic E-state index is -1.18. The zero-order chi connectivity index (χ0) is 18.7. The van der Waals surface area contributed by atoms with Gasteiger partial charge in [-0.25, -0.2) is 4.79 Å². The molecule has 0 aromatic heterocycles. The third kappa shape index (κ3) is 10.1. The lowest BCUT2D eigenvalue weighted by Crippen LogP contribution is -2.32. The molecule has 0 radical (unpaired) electrons. The largest absolute Gasteiger partial charge is 0.491 e. The standard InChI is InChI=1S/C19H30O6/c1-5-22-10-11-23-12-13-24-16-8-6-15(7-9-16)14-17(20)18(21)25-19(2,3)4/h6-9,17,20H,5,10-14H2,1-4H3/t17-/m1/s1. The summed E-state index contributed by atoms with van der Waals surface area (Å²) in [4.78, 5) is 11.8. The highest BCUT2D eigenvalue weighted by Crippen LogP contribution is 2.15. The number of aliphatic hydroxyl groups excluding tert-OH is 1. The van der Waals surface area contributed by atoms with Crippen LogP contribution in [-0.2, 0) is 25.4 Å². The first kappa shape index (κ1) is 21.4. The van der Waals surface area contributed by atoms with E-state index in [9.17, 15) is 9.90 Å². The molecule has 1 aromatic carbocycles. The Bertz CT molecular complexity index is 492. The molecule has 1 aromatic rings. The molecule has 0 heterocycles. The van der Waals surface area contributed by atoms with Gasteiger partial charge in [0.15, 0.2) is 6.10 Å². The highest BCUT2D eigenvalue weighted by atomic mass is 16.6. The molecule has 0 spiro atoms. The summed E-state index contributed by atoms with van der Waals surface area (Å²) in [6, 6.07) is 7.24. The zero-order valence-corrected chi connectivity index (χ0v) is 15.6. The lowest BCUT2D eigenvalue weighted by molar-refractivity contribution is -0.164. The van der Waals surface area contributed by atoms with Crippen LogP contribution in [0.3, 0.4) is 0 Å². The van der Waals surface area contributed by atoms with Crippen LogP contribution in [0.15, 0.2) is 24.3 Å². The van der Waals surface area contributed by atoms with Crippen LogP contribution in [0.25, 0.3) is 0 Å². The smallest absolute Gasteiger partial charge is 0.335 e. The Morgan fingerprint density at radius 3 is 2.24 bits per heavy atom. The van der Waals surface area contributed by atoms with Gasteiger partial charge in [-0.05, 0) is 45.4 Å². The summed E-state index contributed by atoms with van der Waals surface area (Å²) in [6.07, 6.45) is -0.972. The van der Waals surface area contributed by atoms with E-state index in [1.54, 1.807) is 32.9 Å². The summed E-state index contributed by atoms with van der Waals surface area (Å²) >= 11 is 0. The molecule has 6 heteroatoms. The van der Waals surface area contributed by atoms with Crippen LogP contribution >= 0.6 is 0 Å². The summed E-state index contributed by atoms with van der Waals surface area (Å²) in [5.74, 6) is 0.0981. The molecule has 6 nitrogen and oxygen atoms in total. The Labute approximate surface area is 150 Å². The van der Waals surface area contributed by atoms with Crippen molar-refractivity contribution in [3.05, 3.63) is 29.8 Å². The fourth-order valence-corrected chi connectivity index (χ4v) is 1.98. The van der Waals surface area contributed by atoms with E-state index in [0.717, 1.165) is 5.56 Å².